The second kappa shape index (κ2) is 10.8. The van der Waals surface area contributed by atoms with Crippen molar-refractivity contribution >= 4 is 43.3 Å². The number of nitrogens with one attached hydrogen (secondary N) is 1. The van der Waals surface area contributed by atoms with Crippen molar-refractivity contribution in [2.45, 2.75) is 82.2 Å². The largest absolute Gasteiger partial charge is 0.507 e. The molecule has 7 N–H and O–H groups in total. The second-order valence-corrected chi connectivity index (χ2v) is 12.0. The second-order valence-electron chi connectivity index (χ2n) is 12.0. The Hall–Kier alpha value is -3.99. The lowest BCUT2D eigenvalue weighted by molar-refractivity contribution is -0.352. The van der Waals surface area contributed by atoms with E-state index >= 15 is 0 Å². The van der Waals surface area contributed by atoms with E-state index in [2.05, 4.69) is 0 Å². The molecule has 14 nitrogen and oxygen atoms in total. The molecule has 46 heavy (non-hydrogen) atoms. The Labute approximate surface area is 258 Å². The summed E-state index contributed by atoms with van der Waals surface area (Å²) in [7, 11) is 0. The summed E-state index contributed by atoms with van der Waals surface area (Å²) >= 11 is 0. The van der Waals surface area contributed by atoms with Crippen LogP contribution >= 0.6 is 0 Å². The number of rotatable bonds is 4. The number of phenols is 1. The SMILES string of the molecule is Cc1ccc2c(=O)c(=N)c3c(O)c4cccc(O[C@@H]5O[C@H](C)[C@H](O)[C@H](O)[C@H]5O[C@H]5O[C@H](C)[C@H](O)[C@H](O)[C@H]5O)c4c4oc(=O)c1c2c34. The minimum Gasteiger partial charge on any atom is -0.507 e. The predicted molar refractivity (Wildman–Crippen MR) is 160 cm³/mol. The lowest BCUT2D eigenvalue weighted by Gasteiger charge is -2.45. The summed E-state index contributed by atoms with van der Waals surface area (Å²) in [6.45, 7) is 4.61. The van der Waals surface area contributed by atoms with Gasteiger partial charge in [-0.05, 0) is 32.4 Å². The number of benzene rings is 4. The molecular weight excluding hydrogens is 606 g/mol. The molecule has 0 radical (unpaired) electrons. The Morgan fingerprint density at radius 2 is 1.41 bits per heavy atom. The van der Waals surface area contributed by atoms with Gasteiger partial charge < -0.3 is 54.0 Å². The van der Waals surface area contributed by atoms with E-state index in [1.165, 1.54) is 38.1 Å². The number of hydrogen-bond donors (Lipinski definition) is 7. The van der Waals surface area contributed by atoms with E-state index in [1.54, 1.807) is 13.0 Å². The van der Waals surface area contributed by atoms with E-state index in [1.807, 2.05) is 0 Å². The molecule has 3 heterocycles. The van der Waals surface area contributed by atoms with Crippen LogP contribution in [0.4, 0.5) is 0 Å². The number of hydrogen-bond acceptors (Lipinski definition) is 14. The molecule has 2 aliphatic rings. The molecule has 10 atom stereocenters. The molecule has 7 rings (SSSR count). The van der Waals surface area contributed by atoms with E-state index in [-0.39, 0.29) is 49.0 Å². The first-order valence-corrected chi connectivity index (χ1v) is 14.7. The number of aliphatic hydroxyl groups excluding tert-OH is 5. The molecule has 0 bridgehead atoms. The fourth-order valence-electron chi connectivity index (χ4n) is 6.59. The quantitative estimate of drug-likeness (QED) is 0.0785. The molecule has 14 heteroatoms. The van der Waals surface area contributed by atoms with Gasteiger partial charge in [0.15, 0.2) is 18.0 Å². The lowest BCUT2D eigenvalue weighted by Crippen LogP contribution is -2.63. The van der Waals surface area contributed by atoms with E-state index in [9.17, 15) is 40.2 Å². The smallest absolute Gasteiger partial charge is 0.344 e. The Balaban J connectivity index is 1.41. The molecule has 0 spiro atoms. The molecule has 2 saturated heterocycles. The molecule has 5 aromatic rings. The Kier molecular flexibility index (Phi) is 7.19. The summed E-state index contributed by atoms with van der Waals surface area (Å²) in [4.78, 5) is 26.6. The Morgan fingerprint density at radius 1 is 0.739 bits per heavy atom. The van der Waals surface area contributed by atoms with Gasteiger partial charge in [0.2, 0.25) is 11.7 Å². The summed E-state index contributed by atoms with van der Waals surface area (Å²) in [6, 6.07) is 7.56. The van der Waals surface area contributed by atoms with Crippen LogP contribution in [0, 0.1) is 12.3 Å². The summed E-state index contributed by atoms with van der Waals surface area (Å²) in [5.74, 6) is -0.446. The van der Waals surface area contributed by atoms with Crippen LogP contribution in [-0.2, 0) is 14.2 Å². The maximum absolute atomic E-state index is 13.4. The Morgan fingerprint density at radius 3 is 2.13 bits per heavy atom. The monoisotopic (exact) mass is 637 g/mol. The number of aryl methyl sites for hydroxylation is 1. The van der Waals surface area contributed by atoms with Crippen molar-refractivity contribution in [3.63, 3.8) is 0 Å². The van der Waals surface area contributed by atoms with Gasteiger partial charge in [0.05, 0.1) is 28.4 Å². The predicted octanol–water partition coefficient (Wildman–Crippen LogP) is 0.0400. The average Bonchev–Trinajstić information content (AvgIpc) is 3.02. The minimum absolute atomic E-state index is 0.0252. The van der Waals surface area contributed by atoms with Gasteiger partial charge in [-0.1, -0.05) is 24.3 Å². The minimum atomic E-state index is -1.74. The van der Waals surface area contributed by atoms with Gasteiger partial charge in [-0.2, -0.15) is 0 Å². The highest BCUT2D eigenvalue weighted by Gasteiger charge is 2.50. The van der Waals surface area contributed by atoms with Crippen LogP contribution in [0.15, 0.2) is 44.3 Å². The third kappa shape index (κ3) is 4.30. The standard InChI is InChI=1S/C32H31NO13/c1-9-7-8-13-17-15(9)30(41)45-28-16-12(23(36)19(18(17)28)20(33)24(13)37)5-4-6-14(16)44-32-29(26(39)22(35)11(3)43-32)46-31-27(40)25(38)21(34)10(2)42-31/h4-8,10-11,21-22,25-27,29,31-36,38-40H,1-3H3/t10-,11-,21+,22+,25+,26+,27-,29-,31-,32+/m1/s1. The fourth-order valence-corrected chi connectivity index (χ4v) is 6.59. The van der Waals surface area contributed by atoms with Crippen LogP contribution in [0.25, 0.3) is 43.3 Å². The highest BCUT2D eigenvalue weighted by atomic mass is 16.8. The first-order valence-electron chi connectivity index (χ1n) is 14.7. The van der Waals surface area contributed by atoms with Crippen molar-refractivity contribution in [1.82, 2.24) is 0 Å². The Bertz CT molecular complexity index is 2170. The zero-order valence-corrected chi connectivity index (χ0v) is 24.7. The lowest BCUT2D eigenvalue weighted by atomic mass is 9.92. The summed E-state index contributed by atoms with van der Waals surface area (Å²) in [5, 5.41) is 72.9. The highest BCUT2D eigenvalue weighted by molar-refractivity contribution is 6.29. The number of ether oxygens (including phenoxy) is 4. The first kappa shape index (κ1) is 30.7. The summed E-state index contributed by atoms with van der Waals surface area (Å²) in [6.07, 6.45) is -14.5. The van der Waals surface area contributed by atoms with Gasteiger partial charge in [-0.3, -0.25) is 10.2 Å². The van der Waals surface area contributed by atoms with Crippen molar-refractivity contribution < 1.29 is 54.0 Å². The molecule has 1 aromatic heterocycles. The van der Waals surface area contributed by atoms with Crippen LogP contribution in [0.3, 0.4) is 0 Å². The molecule has 0 aliphatic carbocycles. The molecule has 4 aromatic carbocycles. The van der Waals surface area contributed by atoms with E-state index in [0.717, 1.165) is 0 Å². The van der Waals surface area contributed by atoms with Crippen molar-refractivity contribution in [3.8, 4) is 11.5 Å². The van der Waals surface area contributed by atoms with Crippen molar-refractivity contribution in [1.29, 1.82) is 5.41 Å². The molecule has 0 unspecified atom stereocenters. The third-order valence-corrected chi connectivity index (χ3v) is 9.13. The van der Waals surface area contributed by atoms with Crippen LogP contribution in [0.5, 0.6) is 11.5 Å². The molecule has 2 fully saturated rings. The van der Waals surface area contributed by atoms with E-state index < -0.39 is 83.6 Å². The van der Waals surface area contributed by atoms with Gasteiger partial charge in [-0.25, -0.2) is 4.79 Å². The molecular formula is C32H31NO13. The van der Waals surface area contributed by atoms with Crippen molar-refractivity contribution in [3.05, 3.63) is 61.9 Å². The number of fused-ring (bicyclic) bond motifs is 2. The first-order chi connectivity index (χ1) is 21.8. The van der Waals surface area contributed by atoms with Crippen LogP contribution < -0.4 is 21.1 Å². The van der Waals surface area contributed by atoms with E-state index in [4.69, 9.17) is 28.8 Å². The third-order valence-electron chi connectivity index (χ3n) is 9.13. The number of aliphatic hydroxyl groups is 5. The van der Waals surface area contributed by atoms with Gasteiger partial charge in [-0.15, -0.1) is 0 Å². The van der Waals surface area contributed by atoms with Gasteiger partial charge in [0.25, 0.3) is 0 Å². The van der Waals surface area contributed by atoms with Gasteiger partial charge >= 0.3 is 5.63 Å². The molecule has 2 aliphatic heterocycles. The van der Waals surface area contributed by atoms with Crippen molar-refractivity contribution in [2.24, 2.45) is 0 Å². The summed E-state index contributed by atoms with van der Waals surface area (Å²) in [5.41, 5.74) is -0.958. The zero-order chi connectivity index (χ0) is 32.9. The topological polar surface area (TPSA) is 229 Å². The average molecular weight is 638 g/mol. The normalized spacial score (nSPS) is 32.2. The summed E-state index contributed by atoms with van der Waals surface area (Å²) < 4.78 is 29.3. The van der Waals surface area contributed by atoms with Gasteiger partial charge in [0.1, 0.15) is 47.4 Å². The molecule has 0 amide bonds. The highest BCUT2D eigenvalue weighted by Crippen LogP contribution is 2.45. The number of phenolic OH excluding ortho intramolecular Hbond substituents is 1. The van der Waals surface area contributed by atoms with Crippen LogP contribution in [0.2, 0.25) is 0 Å². The van der Waals surface area contributed by atoms with Crippen LogP contribution in [0.1, 0.15) is 19.4 Å². The van der Waals surface area contributed by atoms with E-state index in [0.29, 0.717) is 5.56 Å². The zero-order valence-electron chi connectivity index (χ0n) is 24.7. The van der Waals surface area contributed by atoms with Gasteiger partial charge in [0, 0.05) is 21.5 Å². The molecule has 0 saturated carbocycles. The number of aromatic hydroxyl groups is 1. The maximum atomic E-state index is 13.4. The maximum Gasteiger partial charge on any atom is 0.344 e. The fraction of sp³-hybridized carbons (Fsp3) is 0.406. The van der Waals surface area contributed by atoms with Crippen molar-refractivity contribution in [2.75, 3.05) is 0 Å². The molecule has 242 valence electrons. The van der Waals surface area contributed by atoms with Crippen LogP contribution in [-0.4, -0.2) is 92.1 Å².